The van der Waals surface area contributed by atoms with Gasteiger partial charge in [-0.3, -0.25) is 9.89 Å². The second-order valence-corrected chi connectivity index (χ2v) is 8.25. The van der Waals surface area contributed by atoms with Crippen LogP contribution in [-0.4, -0.2) is 21.0 Å². The van der Waals surface area contributed by atoms with Gasteiger partial charge in [0.15, 0.2) is 0 Å². The lowest BCUT2D eigenvalue weighted by molar-refractivity contribution is 0.0730. The van der Waals surface area contributed by atoms with E-state index in [9.17, 15) is 9.18 Å². The first-order valence-electron chi connectivity index (χ1n) is 9.66. The van der Waals surface area contributed by atoms with Gasteiger partial charge in [-0.1, -0.05) is 59.6 Å². The highest BCUT2D eigenvalue weighted by atomic mass is 35.5. The molecule has 31 heavy (non-hydrogen) atoms. The first-order chi connectivity index (χ1) is 15.0. The number of nitrogens with one attached hydrogen (secondary N) is 1. The predicted octanol–water partition coefficient (Wildman–Crippen LogP) is 6.27. The fraction of sp³-hybridized carbons (Fsp3) is 0.0833. The van der Waals surface area contributed by atoms with Crippen LogP contribution in [0.25, 0.3) is 11.3 Å². The minimum atomic E-state index is -0.366. The maximum Gasteiger partial charge on any atom is 0.273 e. The molecular formula is C24H16Cl2FN3O. The van der Waals surface area contributed by atoms with Gasteiger partial charge in [0, 0.05) is 27.7 Å². The Kier molecular flexibility index (Phi) is 5.00. The molecule has 4 nitrogen and oxygen atoms in total. The van der Waals surface area contributed by atoms with Gasteiger partial charge in [0.1, 0.15) is 11.5 Å². The normalized spacial score (nSPS) is 15.4. The number of carbonyl (C=O) groups is 1. The first-order valence-corrected chi connectivity index (χ1v) is 10.4. The number of amides is 1. The standard InChI is InChI=1S/C24H16Cl2FN3O/c25-17-7-3-15(4-8-17)21-20-22(29-28-21)24(31)30(13-14-1-11-19(27)12-2-14)23(20)16-5-9-18(26)10-6-16/h1-12,23H,13H2,(H,28,29). The van der Waals surface area contributed by atoms with Crippen molar-refractivity contribution in [1.82, 2.24) is 15.1 Å². The maximum atomic E-state index is 13.4. The summed E-state index contributed by atoms with van der Waals surface area (Å²) in [5.41, 5.74) is 4.55. The predicted molar refractivity (Wildman–Crippen MR) is 119 cm³/mol. The number of hydrogen-bond donors (Lipinski definition) is 1. The number of aromatic nitrogens is 2. The SMILES string of the molecule is O=C1c2[nH]nc(-c3ccc(Cl)cc3)c2C(c2ccc(Cl)cc2)N1Cc1ccc(F)cc1. The van der Waals surface area contributed by atoms with E-state index in [2.05, 4.69) is 10.2 Å². The molecule has 1 aliphatic heterocycles. The number of rotatable bonds is 4. The van der Waals surface area contributed by atoms with Gasteiger partial charge >= 0.3 is 0 Å². The molecule has 1 amide bonds. The van der Waals surface area contributed by atoms with Crippen molar-refractivity contribution in [3.63, 3.8) is 0 Å². The van der Waals surface area contributed by atoms with Gasteiger partial charge in [-0.2, -0.15) is 5.10 Å². The van der Waals surface area contributed by atoms with E-state index in [0.717, 1.165) is 22.3 Å². The van der Waals surface area contributed by atoms with Gasteiger partial charge in [-0.05, 0) is 47.5 Å². The van der Waals surface area contributed by atoms with Crippen LogP contribution in [0.5, 0.6) is 0 Å². The average molecular weight is 452 g/mol. The number of hydrogen-bond acceptors (Lipinski definition) is 2. The number of aromatic amines is 1. The van der Waals surface area contributed by atoms with Gasteiger partial charge in [0.2, 0.25) is 0 Å². The molecule has 3 aromatic carbocycles. The monoisotopic (exact) mass is 451 g/mol. The Morgan fingerprint density at radius 2 is 1.52 bits per heavy atom. The highest BCUT2D eigenvalue weighted by molar-refractivity contribution is 6.30. The molecule has 0 aliphatic carbocycles. The molecule has 154 valence electrons. The summed E-state index contributed by atoms with van der Waals surface area (Å²) >= 11 is 12.1. The van der Waals surface area contributed by atoms with Gasteiger partial charge in [-0.15, -0.1) is 0 Å². The zero-order valence-electron chi connectivity index (χ0n) is 16.1. The summed E-state index contributed by atoms with van der Waals surface area (Å²) in [5.74, 6) is -0.475. The zero-order valence-corrected chi connectivity index (χ0v) is 17.7. The molecule has 1 aliphatic rings. The van der Waals surface area contributed by atoms with Crippen molar-refractivity contribution in [2.75, 3.05) is 0 Å². The Morgan fingerprint density at radius 1 is 0.903 bits per heavy atom. The third-order valence-corrected chi connectivity index (χ3v) is 5.94. The van der Waals surface area contributed by atoms with Crippen LogP contribution >= 0.6 is 23.2 Å². The molecule has 0 saturated heterocycles. The van der Waals surface area contributed by atoms with E-state index in [1.807, 2.05) is 24.3 Å². The number of halogens is 3. The number of H-pyrrole nitrogens is 1. The van der Waals surface area contributed by atoms with E-state index in [0.29, 0.717) is 28.0 Å². The van der Waals surface area contributed by atoms with Crippen LogP contribution in [0.1, 0.15) is 33.2 Å². The third kappa shape index (κ3) is 3.60. The lowest BCUT2D eigenvalue weighted by Crippen LogP contribution is -2.29. The van der Waals surface area contributed by atoms with Crippen LogP contribution in [-0.2, 0) is 6.54 Å². The largest absolute Gasteiger partial charge is 0.322 e. The third-order valence-electron chi connectivity index (χ3n) is 5.43. The Hall–Kier alpha value is -3.15. The Bertz CT molecular complexity index is 1250. The van der Waals surface area contributed by atoms with E-state index in [-0.39, 0.29) is 17.8 Å². The number of fused-ring (bicyclic) bond motifs is 1. The van der Waals surface area contributed by atoms with Crippen molar-refractivity contribution in [3.8, 4) is 11.3 Å². The van der Waals surface area contributed by atoms with E-state index in [1.54, 1.807) is 41.3 Å². The van der Waals surface area contributed by atoms with E-state index in [4.69, 9.17) is 23.2 Å². The van der Waals surface area contributed by atoms with Gasteiger partial charge < -0.3 is 4.90 Å². The smallest absolute Gasteiger partial charge is 0.273 e. The van der Waals surface area contributed by atoms with Crippen molar-refractivity contribution in [1.29, 1.82) is 0 Å². The molecule has 0 saturated carbocycles. The minimum Gasteiger partial charge on any atom is -0.322 e. The van der Waals surface area contributed by atoms with Gasteiger partial charge in [-0.25, -0.2) is 4.39 Å². The molecular weight excluding hydrogens is 436 g/mol. The highest BCUT2D eigenvalue weighted by Crippen LogP contribution is 2.43. The highest BCUT2D eigenvalue weighted by Gasteiger charge is 2.42. The molecule has 4 aromatic rings. The summed E-state index contributed by atoms with van der Waals surface area (Å²) in [4.78, 5) is 15.1. The van der Waals surface area contributed by atoms with Crippen molar-refractivity contribution < 1.29 is 9.18 Å². The van der Waals surface area contributed by atoms with Crippen molar-refractivity contribution >= 4 is 29.1 Å². The molecule has 1 aromatic heterocycles. The van der Waals surface area contributed by atoms with Crippen LogP contribution < -0.4 is 0 Å². The lowest BCUT2D eigenvalue weighted by atomic mass is 9.96. The van der Waals surface area contributed by atoms with E-state index < -0.39 is 0 Å². The molecule has 0 spiro atoms. The van der Waals surface area contributed by atoms with Crippen LogP contribution in [0.15, 0.2) is 72.8 Å². The zero-order chi connectivity index (χ0) is 21.5. The summed E-state index contributed by atoms with van der Waals surface area (Å²) < 4.78 is 13.4. The molecule has 5 rings (SSSR count). The van der Waals surface area contributed by atoms with Crippen molar-refractivity contribution in [2.24, 2.45) is 0 Å². The minimum absolute atomic E-state index is 0.160. The van der Waals surface area contributed by atoms with E-state index >= 15 is 0 Å². The second kappa shape index (κ2) is 7.84. The molecule has 1 N–H and O–H groups in total. The molecule has 7 heteroatoms. The molecule has 0 fully saturated rings. The van der Waals surface area contributed by atoms with Crippen LogP contribution in [0.4, 0.5) is 4.39 Å². The summed E-state index contributed by atoms with van der Waals surface area (Å²) in [5, 5.41) is 8.61. The molecule has 0 bridgehead atoms. The Labute approximate surface area is 188 Å². The quantitative estimate of drug-likeness (QED) is 0.397. The summed E-state index contributed by atoms with van der Waals surface area (Å²) in [6.07, 6.45) is 0. The average Bonchev–Trinajstić information content (AvgIpc) is 3.31. The lowest BCUT2D eigenvalue weighted by Gasteiger charge is -2.26. The first kappa shape index (κ1) is 19.8. The van der Waals surface area contributed by atoms with Gasteiger partial charge in [0.05, 0.1) is 11.7 Å². The Balaban J connectivity index is 1.63. The number of carbonyl (C=O) groups excluding carboxylic acids is 1. The van der Waals surface area contributed by atoms with Crippen LogP contribution in [0, 0.1) is 5.82 Å². The van der Waals surface area contributed by atoms with Crippen molar-refractivity contribution in [2.45, 2.75) is 12.6 Å². The second-order valence-electron chi connectivity index (χ2n) is 7.38. The van der Waals surface area contributed by atoms with Crippen LogP contribution in [0.3, 0.4) is 0 Å². The summed E-state index contributed by atoms with van der Waals surface area (Å²) in [6.45, 7) is 0.328. The molecule has 1 unspecified atom stereocenters. The maximum absolute atomic E-state index is 13.4. The topological polar surface area (TPSA) is 49.0 Å². The molecule has 1 atom stereocenters. The molecule has 0 radical (unpaired) electrons. The summed E-state index contributed by atoms with van der Waals surface area (Å²) in [7, 11) is 0. The summed E-state index contributed by atoms with van der Waals surface area (Å²) in [6, 6.07) is 20.6. The Morgan fingerprint density at radius 3 is 2.16 bits per heavy atom. The van der Waals surface area contributed by atoms with Crippen molar-refractivity contribution in [3.05, 3.63) is 111 Å². The number of nitrogens with zero attached hydrogens (tertiary/aromatic N) is 2. The fourth-order valence-corrected chi connectivity index (χ4v) is 4.22. The number of benzene rings is 3. The fourth-order valence-electron chi connectivity index (χ4n) is 3.97. The molecule has 2 heterocycles. The van der Waals surface area contributed by atoms with Crippen LogP contribution in [0.2, 0.25) is 10.0 Å². The van der Waals surface area contributed by atoms with Gasteiger partial charge in [0.25, 0.3) is 5.91 Å². The van der Waals surface area contributed by atoms with E-state index in [1.165, 1.54) is 12.1 Å².